The summed E-state index contributed by atoms with van der Waals surface area (Å²) in [5.41, 5.74) is 6.45. The minimum Gasteiger partial charge on any atom is -0.476 e. The standard InChI is InChI=1S/C13H21N3OS/c1-3-17-13-11(14)4-5-12(15-13)16-8-6-10(18-2)7-9-16/h4-5,10H,3,6-9,14H2,1-2H3. The van der Waals surface area contributed by atoms with Gasteiger partial charge in [0.05, 0.1) is 12.3 Å². The molecule has 0 saturated carbocycles. The summed E-state index contributed by atoms with van der Waals surface area (Å²) < 4.78 is 5.44. The van der Waals surface area contributed by atoms with Crippen LogP contribution in [0.5, 0.6) is 5.88 Å². The highest BCUT2D eigenvalue weighted by Gasteiger charge is 2.19. The van der Waals surface area contributed by atoms with Crippen LogP contribution in [0.15, 0.2) is 12.1 Å². The van der Waals surface area contributed by atoms with Crippen molar-refractivity contribution < 1.29 is 4.74 Å². The minimum absolute atomic E-state index is 0.557. The number of ether oxygens (including phenoxy) is 1. The summed E-state index contributed by atoms with van der Waals surface area (Å²) in [6.07, 6.45) is 4.63. The van der Waals surface area contributed by atoms with Gasteiger partial charge in [-0.25, -0.2) is 0 Å². The van der Waals surface area contributed by atoms with E-state index in [1.807, 2.05) is 30.8 Å². The molecule has 0 unspecified atom stereocenters. The smallest absolute Gasteiger partial charge is 0.239 e. The number of pyridine rings is 1. The lowest BCUT2D eigenvalue weighted by Gasteiger charge is -2.32. The molecule has 4 nitrogen and oxygen atoms in total. The summed E-state index contributed by atoms with van der Waals surface area (Å²) in [5, 5.41) is 0.793. The molecular weight excluding hydrogens is 246 g/mol. The quantitative estimate of drug-likeness (QED) is 0.908. The fourth-order valence-electron chi connectivity index (χ4n) is 2.19. The van der Waals surface area contributed by atoms with Crippen molar-refractivity contribution in [3.05, 3.63) is 12.1 Å². The predicted octanol–water partition coefficient (Wildman–Crippen LogP) is 2.39. The number of thioether (sulfide) groups is 1. The van der Waals surface area contributed by atoms with E-state index in [4.69, 9.17) is 10.5 Å². The molecule has 2 rings (SSSR count). The zero-order valence-electron chi connectivity index (χ0n) is 11.1. The Morgan fingerprint density at radius 2 is 2.17 bits per heavy atom. The molecule has 2 heterocycles. The van der Waals surface area contributed by atoms with E-state index in [1.54, 1.807) is 0 Å². The number of anilines is 2. The lowest BCUT2D eigenvalue weighted by Crippen LogP contribution is -2.35. The average molecular weight is 267 g/mol. The maximum absolute atomic E-state index is 5.84. The molecule has 1 aromatic heterocycles. The van der Waals surface area contributed by atoms with E-state index >= 15 is 0 Å². The van der Waals surface area contributed by atoms with Crippen LogP contribution >= 0.6 is 11.8 Å². The molecular formula is C13H21N3OS. The van der Waals surface area contributed by atoms with Gasteiger partial charge < -0.3 is 15.4 Å². The molecule has 0 spiro atoms. The van der Waals surface area contributed by atoms with Crippen molar-refractivity contribution >= 4 is 23.3 Å². The van der Waals surface area contributed by atoms with E-state index in [-0.39, 0.29) is 0 Å². The molecule has 1 fully saturated rings. The molecule has 0 amide bonds. The van der Waals surface area contributed by atoms with Gasteiger partial charge in [0.1, 0.15) is 5.82 Å². The van der Waals surface area contributed by atoms with Crippen molar-refractivity contribution in [1.82, 2.24) is 4.98 Å². The van der Waals surface area contributed by atoms with Crippen molar-refractivity contribution in [2.75, 3.05) is 36.6 Å². The Balaban J connectivity index is 2.07. The Bertz CT molecular complexity index is 392. The molecule has 0 bridgehead atoms. The summed E-state index contributed by atoms with van der Waals surface area (Å²) in [5.74, 6) is 1.54. The third-order valence-corrected chi connectivity index (χ3v) is 4.39. The van der Waals surface area contributed by atoms with Crippen LogP contribution in [0.2, 0.25) is 0 Å². The van der Waals surface area contributed by atoms with Crippen LogP contribution in [0.1, 0.15) is 19.8 Å². The van der Waals surface area contributed by atoms with Gasteiger partial charge in [0.25, 0.3) is 0 Å². The first-order valence-corrected chi connectivity index (χ1v) is 7.70. The molecule has 0 aromatic carbocycles. The van der Waals surface area contributed by atoms with E-state index in [2.05, 4.69) is 16.1 Å². The van der Waals surface area contributed by atoms with Gasteiger partial charge in [-0.05, 0) is 38.2 Å². The largest absolute Gasteiger partial charge is 0.476 e. The summed E-state index contributed by atoms with van der Waals surface area (Å²) >= 11 is 1.96. The van der Waals surface area contributed by atoms with Crippen LogP contribution < -0.4 is 15.4 Å². The Kier molecular flexibility index (Phi) is 4.58. The average Bonchev–Trinajstić information content (AvgIpc) is 2.42. The number of rotatable bonds is 4. The van der Waals surface area contributed by atoms with Gasteiger partial charge in [-0.3, -0.25) is 0 Å². The molecule has 0 atom stereocenters. The van der Waals surface area contributed by atoms with Crippen molar-refractivity contribution in [3.8, 4) is 5.88 Å². The molecule has 5 heteroatoms. The molecule has 0 aliphatic carbocycles. The number of nitrogen functional groups attached to an aromatic ring is 1. The highest BCUT2D eigenvalue weighted by molar-refractivity contribution is 7.99. The van der Waals surface area contributed by atoms with Gasteiger partial charge in [-0.15, -0.1) is 0 Å². The first-order valence-electron chi connectivity index (χ1n) is 6.41. The lowest BCUT2D eigenvalue weighted by atomic mass is 10.1. The molecule has 1 aliphatic rings. The van der Waals surface area contributed by atoms with Gasteiger partial charge >= 0.3 is 0 Å². The van der Waals surface area contributed by atoms with Gasteiger partial charge in [0, 0.05) is 18.3 Å². The van der Waals surface area contributed by atoms with Crippen LogP contribution in [-0.2, 0) is 0 Å². The topological polar surface area (TPSA) is 51.4 Å². The fraction of sp³-hybridized carbons (Fsp3) is 0.615. The summed E-state index contributed by atoms with van der Waals surface area (Å²) in [6, 6.07) is 3.87. The minimum atomic E-state index is 0.557. The molecule has 1 saturated heterocycles. The van der Waals surface area contributed by atoms with Crippen LogP contribution in [0, 0.1) is 0 Å². The van der Waals surface area contributed by atoms with E-state index in [0.29, 0.717) is 18.2 Å². The maximum atomic E-state index is 5.84. The van der Waals surface area contributed by atoms with E-state index < -0.39 is 0 Å². The van der Waals surface area contributed by atoms with E-state index in [0.717, 1.165) is 24.2 Å². The Labute approximate surface area is 113 Å². The zero-order chi connectivity index (χ0) is 13.0. The van der Waals surface area contributed by atoms with Gasteiger partial charge in [-0.2, -0.15) is 16.7 Å². The van der Waals surface area contributed by atoms with Crippen LogP contribution in [-0.4, -0.2) is 36.2 Å². The van der Waals surface area contributed by atoms with Crippen LogP contribution in [0.25, 0.3) is 0 Å². The van der Waals surface area contributed by atoms with Gasteiger partial charge in [0.15, 0.2) is 0 Å². The number of hydrogen-bond acceptors (Lipinski definition) is 5. The fourth-order valence-corrected chi connectivity index (χ4v) is 2.87. The first-order chi connectivity index (χ1) is 8.74. The molecule has 2 N–H and O–H groups in total. The van der Waals surface area contributed by atoms with Crippen molar-refractivity contribution in [1.29, 1.82) is 0 Å². The third-order valence-electron chi connectivity index (χ3n) is 3.26. The van der Waals surface area contributed by atoms with Crippen LogP contribution in [0.3, 0.4) is 0 Å². The SMILES string of the molecule is CCOc1nc(N2CCC(SC)CC2)ccc1N. The summed E-state index contributed by atoms with van der Waals surface area (Å²) in [4.78, 5) is 6.82. The Hall–Kier alpha value is -1.10. The molecule has 0 radical (unpaired) electrons. The monoisotopic (exact) mass is 267 g/mol. The first kappa shape index (κ1) is 13.3. The molecule has 1 aromatic rings. The number of hydrogen-bond donors (Lipinski definition) is 1. The Morgan fingerprint density at radius 1 is 1.44 bits per heavy atom. The van der Waals surface area contributed by atoms with Crippen molar-refractivity contribution in [2.24, 2.45) is 0 Å². The lowest BCUT2D eigenvalue weighted by molar-refractivity contribution is 0.329. The highest BCUT2D eigenvalue weighted by atomic mass is 32.2. The van der Waals surface area contributed by atoms with E-state index in [1.165, 1.54) is 12.8 Å². The normalized spacial score (nSPS) is 16.9. The van der Waals surface area contributed by atoms with E-state index in [9.17, 15) is 0 Å². The second-order valence-corrected chi connectivity index (χ2v) is 5.56. The Morgan fingerprint density at radius 3 is 2.78 bits per heavy atom. The highest BCUT2D eigenvalue weighted by Crippen LogP contribution is 2.27. The number of aromatic nitrogens is 1. The number of nitrogens with two attached hydrogens (primary N) is 1. The molecule has 1 aliphatic heterocycles. The number of piperidine rings is 1. The zero-order valence-corrected chi connectivity index (χ0v) is 11.9. The number of nitrogens with zero attached hydrogens (tertiary/aromatic N) is 2. The molecule has 18 heavy (non-hydrogen) atoms. The predicted molar refractivity (Wildman–Crippen MR) is 78.6 cm³/mol. The van der Waals surface area contributed by atoms with Gasteiger partial charge in [-0.1, -0.05) is 0 Å². The van der Waals surface area contributed by atoms with Crippen molar-refractivity contribution in [3.63, 3.8) is 0 Å². The molecule has 100 valence electrons. The van der Waals surface area contributed by atoms with Crippen LogP contribution in [0.4, 0.5) is 11.5 Å². The van der Waals surface area contributed by atoms with Crippen molar-refractivity contribution in [2.45, 2.75) is 25.0 Å². The second-order valence-electron chi connectivity index (χ2n) is 4.42. The third kappa shape index (κ3) is 3.02. The summed E-state index contributed by atoms with van der Waals surface area (Å²) in [6.45, 7) is 4.66. The summed E-state index contributed by atoms with van der Waals surface area (Å²) in [7, 11) is 0. The van der Waals surface area contributed by atoms with Gasteiger partial charge in [0.2, 0.25) is 5.88 Å². The second kappa shape index (κ2) is 6.18. The maximum Gasteiger partial charge on any atom is 0.239 e.